The lowest BCUT2D eigenvalue weighted by Gasteiger charge is -2.30. The standard InChI is InChI=1S/C17H18FN5O3S/c1-17(5-6-27-16(19)22-17)12-7-10(3-4-13(12)18)21-15-14(26-2)8-11(9-20-15)23(24)25/h3-4,7-9H,5-6H2,1-2H3,(H2,19,22)(H,20,21)/t17-/m0/s1. The third-order valence-corrected chi connectivity index (χ3v) is 5.07. The molecule has 1 aliphatic rings. The Morgan fingerprint density at radius 1 is 1.44 bits per heavy atom. The van der Waals surface area contributed by atoms with Gasteiger partial charge < -0.3 is 15.8 Å². The second-order valence-electron chi connectivity index (χ2n) is 6.14. The topological polar surface area (TPSA) is 116 Å². The van der Waals surface area contributed by atoms with Gasteiger partial charge in [0.25, 0.3) is 5.69 Å². The summed E-state index contributed by atoms with van der Waals surface area (Å²) in [6, 6.07) is 5.80. The van der Waals surface area contributed by atoms with Crippen LogP contribution in [0.2, 0.25) is 0 Å². The quantitative estimate of drug-likeness (QED) is 0.591. The average Bonchev–Trinajstić information content (AvgIpc) is 2.63. The van der Waals surface area contributed by atoms with E-state index in [0.29, 0.717) is 22.8 Å². The first-order valence-electron chi connectivity index (χ1n) is 8.06. The number of benzene rings is 1. The van der Waals surface area contributed by atoms with Gasteiger partial charge in [0, 0.05) is 17.0 Å². The van der Waals surface area contributed by atoms with E-state index < -0.39 is 10.5 Å². The SMILES string of the molecule is COc1cc([N+](=O)[O-])cnc1Nc1ccc(F)c([C@]2(C)CCSC(N)=N2)c1. The van der Waals surface area contributed by atoms with E-state index in [0.717, 1.165) is 11.9 Å². The van der Waals surface area contributed by atoms with E-state index >= 15 is 0 Å². The molecule has 1 aromatic carbocycles. The minimum atomic E-state index is -0.760. The number of methoxy groups -OCH3 is 1. The molecule has 0 unspecified atom stereocenters. The van der Waals surface area contributed by atoms with Crippen LogP contribution >= 0.6 is 11.8 Å². The van der Waals surface area contributed by atoms with Gasteiger partial charge in [-0.1, -0.05) is 11.8 Å². The first-order valence-corrected chi connectivity index (χ1v) is 9.04. The van der Waals surface area contributed by atoms with E-state index in [2.05, 4.69) is 15.3 Å². The van der Waals surface area contributed by atoms with Gasteiger partial charge in [0.15, 0.2) is 16.7 Å². The highest BCUT2D eigenvalue weighted by Crippen LogP contribution is 2.38. The Balaban J connectivity index is 1.96. The van der Waals surface area contributed by atoms with Gasteiger partial charge in [0.1, 0.15) is 12.0 Å². The molecule has 0 radical (unpaired) electrons. The first-order chi connectivity index (χ1) is 12.8. The molecular formula is C17H18FN5O3S. The van der Waals surface area contributed by atoms with Crippen LogP contribution in [0.5, 0.6) is 5.75 Å². The molecule has 8 nitrogen and oxygen atoms in total. The van der Waals surface area contributed by atoms with Gasteiger partial charge >= 0.3 is 0 Å². The minimum absolute atomic E-state index is 0.186. The second kappa shape index (κ2) is 7.39. The molecule has 10 heteroatoms. The number of aliphatic imine (C=N–C) groups is 1. The Morgan fingerprint density at radius 3 is 2.89 bits per heavy atom. The van der Waals surface area contributed by atoms with Gasteiger partial charge in [-0.25, -0.2) is 9.37 Å². The molecule has 0 fully saturated rings. The Bertz CT molecular complexity index is 923. The van der Waals surface area contributed by atoms with Crippen LogP contribution in [0.1, 0.15) is 18.9 Å². The summed E-state index contributed by atoms with van der Waals surface area (Å²) in [5, 5.41) is 14.3. The Morgan fingerprint density at radius 2 is 2.22 bits per heavy atom. The predicted molar refractivity (Wildman–Crippen MR) is 103 cm³/mol. The zero-order valence-electron chi connectivity index (χ0n) is 14.7. The van der Waals surface area contributed by atoms with Gasteiger partial charge in [-0.2, -0.15) is 0 Å². The van der Waals surface area contributed by atoms with Crippen molar-refractivity contribution in [2.24, 2.45) is 10.7 Å². The number of halogens is 1. The molecule has 1 aliphatic heterocycles. The molecular weight excluding hydrogens is 373 g/mol. The summed E-state index contributed by atoms with van der Waals surface area (Å²) >= 11 is 1.44. The van der Waals surface area contributed by atoms with Crippen molar-refractivity contribution in [1.29, 1.82) is 0 Å². The molecule has 2 heterocycles. The molecule has 0 spiro atoms. The number of pyridine rings is 1. The first kappa shape index (κ1) is 18.9. The number of nitrogens with zero attached hydrogens (tertiary/aromatic N) is 3. The highest BCUT2D eigenvalue weighted by Gasteiger charge is 2.32. The molecule has 2 aromatic rings. The molecule has 27 heavy (non-hydrogen) atoms. The lowest BCUT2D eigenvalue weighted by Crippen LogP contribution is -2.29. The zero-order chi connectivity index (χ0) is 19.6. The summed E-state index contributed by atoms with van der Waals surface area (Å²) < 4.78 is 19.7. The molecule has 0 aliphatic carbocycles. The molecule has 1 aromatic heterocycles. The van der Waals surface area contributed by atoms with Crippen LogP contribution in [-0.4, -0.2) is 27.9 Å². The summed E-state index contributed by atoms with van der Waals surface area (Å²) in [5.74, 6) is 0.862. The van der Waals surface area contributed by atoms with Gasteiger partial charge in [0.05, 0.1) is 23.6 Å². The smallest absolute Gasteiger partial charge is 0.291 e. The van der Waals surface area contributed by atoms with Gasteiger partial charge in [-0.15, -0.1) is 0 Å². The number of rotatable bonds is 5. The lowest BCUT2D eigenvalue weighted by molar-refractivity contribution is -0.385. The van der Waals surface area contributed by atoms with Gasteiger partial charge in [-0.3, -0.25) is 15.1 Å². The Hall–Kier alpha value is -2.88. The molecule has 0 bridgehead atoms. The van der Waals surface area contributed by atoms with Crippen LogP contribution in [-0.2, 0) is 5.54 Å². The van der Waals surface area contributed by atoms with Crippen molar-refractivity contribution in [3.63, 3.8) is 0 Å². The minimum Gasteiger partial charge on any atom is -0.493 e. The normalized spacial score (nSPS) is 19.3. The van der Waals surface area contributed by atoms with Crippen LogP contribution in [0.4, 0.5) is 21.6 Å². The fourth-order valence-corrected chi connectivity index (χ4v) is 3.79. The summed E-state index contributed by atoms with van der Waals surface area (Å²) in [7, 11) is 1.39. The van der Waals surface area contributed by atoms with Crippen molar-refractivity contribution < 1.29 is 14.1 Å². The number of aromatic nitrogens is 1. The van der Waals surface area contributed by atoms with Crippen LogP contribution < -0.4 is 15.8 Å². The van der Waals surface area contributed by atoms with Crippen molar-refractivity contribution in [3.05, 3.63) is 52.0 Å². The number of anilines is 2. The molecule has 3 N–H and O–H groups in total. The van der Waals surface area contributed by atoms with Crippen molar-refractivity contribution in [3.8, 4) is 5.75 Å². The van der Waals surface area contributed by atoms with Crippen molar-refractivity contribution in [2.45, 2.75) is 18.9 Å². The van der Waals surface area contributed by atoms with E-state index in [9.17, 15) is 14.5 Å². The monoisotopic (exact) mass is 391 g/mol. The third kappa shape index (κ3) is 3.95. The molecule has 142 valence electrons. The van der Waals surface area contributed by atoms with Crippen LogP contribution in [0.15, 0.2) is 35.5 Å². The number of hydrogen-bond acceptors (Lipinski definition) is 8. The van der Waals surface area contributed by atoms with Crippen LogP contribution in [0.3, 0.4) is 0 Å². The third-order valence-electron chi connectivity index (χ3n) is 4.27. The average molecular weight is 391 g/mol. The molecule has 0 saturated heterocycles. The highest BCUT2D eigenvalue weighted by atomic mass is 32.2. The van der Waals surface area contributed by atoms with Gasteiger partial charge in [0.2, 0.25) is 0 Å². The fourth-order valence-electron chi connectivity index (χ4n) is 2.82. The van der Waals surface area contributed by atoms with Crippen LogP contribution in [0, 0.1) is 15.9 Å². The summed E-state index contributed by atoms with van der Waals surface area (Å²) in [5.41, 5.74) is 5.85. The van der Waals surface area contributed by atoms with Crippen LogP contribution in [0.25, 0.3) is 0 Å². The predicted octanol–water partition coefficient (Wildman–Crippen LogP) is 3.55. The van der Waals surface area contributed by atoms with Crippen molar-refractivity contribution in [1.82, 2.24) is 4.98 Å². The summed E-state index contributed by atoms with van der Waals surface area (Å²) in [6.45, 7) is 1.84. The van der Waals surface area contributed by atoms with E-state index in [1.807, 2.05) is 6.92 Å². The molecule has 0 saturated carbocycles. The summed E-state index contributed by atoms with van der Waals surface area (Å²) in [6.07, 6.45) is 1.78. The molecule has 3 rings (SSSR count). The number of nitrogens with two attached hydrogens (primary N) is 1. The van der Waals surface area contributed by atoms with Gasteiger partial charge in [-0.05, 0) is 31.5 Å². The maximum Gasteiger partial charge on any atom is 0.291 e. The maximum absolute atomic E-state index is 14.5. The number of nitro groups is 1. The van der Waals surface area contributed by atoms with E-state index in [-0.39, 0.29) is 23.1 Å². The largest absolute Gasteiger partial charge is 0.493 e. The Kier molecular flexibility index (Phi) is 5.17. The van der Waals surface area contributed by atoms with E-state index in [1.165, 1.54) is 31.0 Å². The maximum atomic E-state index is 14.5. The number of ether oxygens (including phenoxy) is 1. The lowest BCUT2D eigenvalue weighted by atomic mass is 9.89. The number of hydrogen-bond donors (Lipinski definition) is 2. The second-order valence-corrected chi connectivity index (χ2v) is 7.26. The van der Waals surface area contributed by atoms with E-state index in [4.69, 9.17) is 10.5 Å². The Labute approximate surface area is 159 Å². The van der Waals surface area contributed by atoms with E-state index in [1.54, 1.807) is 12.1 Å². The number of thioether (sulfide) groups is 1. The summed E-state index contributed by atoms with van der Waals surface area (Å²) in [4.78, 5) is 18.8. The molecule has 1 atom stereocenters. The zero-order valence-corrected chi connectivity index (χ0v) is 15.5. The number of nitrogens with one attached hydrogen (secondary N) is 1. The highest BCUT2D eigenvalue weighted by molar-refractivity contribution is 8.13. The van der Waals surface area contributed by atoms with Crippen molar-refractivity contribution in [2.75, 3.05) is 18.2 Å². The fraction of sp³-hybridized carbons (Fsp3) is 0.294. The number of amidine groups is 1. The van der Waals surface area contributed by atoms with Crippen molar-refractivity contribution >= 4 is 34.1 Å². The molecule has 0 amide bonds.